The van der Waals surface area contributed by atoms with Crippen LogP contribution in [0.3, 0.4) is 0 Å². The average molecular weight is 784 g/mol. The maximum Gasteiger partial charge on any atom is 0.329 e. The number of carbonyl (C=O) groups is 3. The molecule has 2 N–H and O–H groups in total. The van der Waals surface area contributed by atoms with Crippen LogP contribution in [0.5, 0.6) is 0 Å². The van der Waals surface area contributed by atoms with Crippen molar-refractivity contribution in [3.05, 3.63) is 76.4 Å². The molecule has 0 spiro atoms. The number of fused-ring (bicyclic) bond motifs is 2. The molecule has 2 saturated heterocycles. The molecule has 57 heavy (non-hydrogen) atoms. The molecule has 0 unspecified atom stereocenters. The fraction of sp³-hybridized carbons (Fsp3) is 0.525. The van der Waals surface area contributed by atoms with Crippen LogP contribution in [0, 0.1) is 11.8 Å². The van der Waals surface area contributed by atoms with Crippen molar-refractivity contribution in [2.24, 2.45) is 18.9 Å². The Labute approximate surface area is 327 Å². The first-order valence-electron chi connectivity index (χ1n) is 20.1. The maximum absolute atomic E-state index is 14.0. The van der Waals surface area contributed by atoms with Crippen LogP contribution in [-0.2, 0) is 16.6 Å². The summed E-state index contributed by atoms with van der Waals surface area (Å²) in [5.74, 6) is 0.205. The maximum atomic E-state index is 14.0. The summed E-state index contributed by atoms with van der Waals surface area (Å²) in [7, 11) is 1.77. The van der Waals surface area contributed by atoms with Crippen molar-refractivity contribution in [1.82, 2.24) is 48.6 Å². The Morgan fingerprint density at radius 2 is 1.70 bits per heavy atom. The molecule has 1 aromatic carbocycles. The van der Waals surface area contributed by atoms with Crippen molar-refractivity contribution in [2.45, 2.75) is 75.8 Å². The molecule has 0 bridgehead atoms. The lowest BCUT2D eigenvalue weighted by Gasteiger charge is -2.42. The monoisotopic (exact) mass is 783 g/mol. The molecule has 5 aromatic rings. The molecule has 4 aromatic heterocycles. The lowest BCUT2D eigenvalue weighted by molar-refractivity contribution is -0.135. The van der Waals surface area contributed by atoms with Crippen molar-refractivity contribution in [3.8, 4) is 0 Å². The number of hydrogen-bond donors (Lipinski definition) is 2. The van der Waals surface area contributed by atoms with Crippen LogP contribution >= 0.6 is 0 Å². The molecule has 17 heteroatoms. The zero-order valence-corrected chi connectivity index (χ0v) is 31.9. The van der Waals surface area contributed by atoms with Gasteiger partial charge in [0.25, 0.3) is 12.3 Å². The largest absolute Gasteiger partial charge is 0.329 e. The van der Waals surface area contributed by atoms with Crippen LogP contribution in [-0.4, -0.2) is 100 Å². The topological polar surface area (TPSA) is 157 Å². The number of carbonyl (C=O) groups excluding carboxylic acids is 3. The number of aryl methyl sites for hydroxylation is 1. The van der Waals surface area contributed by atoms with E-state index in [-0.39, 0.29) is 35.3 Å². The number of alkyl halides is 2. The molecule has 300 valence electrons. The fourth-order valence-electron chi connectivity index (χ4n) is 9.67. The van der Waals surface area contributed by atoms with E-state index in [2.05, 4.69) is 41.7 Å². The molecule has 2 saturated carbocycles. The molecular weight excluding hydrogens is 737 g/mol. The second kappa shape index (κ2) is 15.2. The lowest BCUT2D eigenvalue weighted by atomic mass is 9.71. The Hall–Kier alpha value is -5.29. The number of imidazole rings is 1. The van der Waals surface area contributed by atoms with E-state index in [0.717, 1.165) is 94.4 Å². The minimum atomic E-state index is -2.83. The normalized spacial score (nSPS) is 24.9. The van der Waals surface area contributed by atoms with Gasteiger partial charge in [0.15, 0.2) is 11.3 Å². The predicted molar refractivity (Wildman–Crippen MR) is 206 cm³/mol. The standard InChI is InChI=1S/C40H47F2N11O4/c1-48-35-28(4-2-5-31(35)53(40(48)57)32-10-11-33(54)46-39(32)56)26-18-25(19-26)22-50-16-14-49(15-17-50)21-24-6-8-27(9-7-24)52-23-30(34(47-52)36(41)42)45-38(55)29-20-44-51-13-3-12-43-37(29)51/h2-5,12-13,20,23-27,32,36H,6-11,14-19,21-22H2,1H3,(H,45,55)(H,46,54,56)/t24?,25?,26?,27?,32-/m0/s1. The van der Waals surface area contributed by atoms with Gasteiger partial charge >= 0.3 is 5.69 Å². The van der Waals surface area contributed by atoms with E-state index in [4.69, 9.17) is 0 Å². The third kappa shape index (κ3) is 7.15. The minimum Gasteiger partial charge on any atom is -0.319 e. The number of para-hydroxylation sites is 1. The summed E-state index contributed by atoms with van der Waals surface area (Å²) < 4.78 is 34.4. The van der Waals surface area contributed by atoms with Crippen molar-refractivity contribution in [1.29, 1.82) is 0 Å². The van der Waals surface area contributed by atoms with Gasteiger partial charge in [0.2, 0.25) is 11.8 Å². The second-order valence-corrected chi connectivity index (χ2v) is 16.3. The molecule has 4 fully saturated rings. The Balaban J connectivity index is 0.740. The van der Waals surface area contributed by atoms with Gasteiger partial charge < -0.3 is 15.1 Å². The number of piperazine rings is 1. The van der Waals surface area contributed by atoms with Gasteiger partial charge in [0.05, 0.1) is 29.0 Å². The highest BCUT2D eigenvalue weighted by molar-refractivity contribution is 6.08. The first kappa shape index (κ1) is 37.3. The van der Waals surface area contributed by atoms with E-state index in [0.29, 0.717) is 29.8 Å². The van der Waals surface area contributed by atoms with Crippen LogP contribution in [0.15, 0.2) is 53.8 Å². The lowest BCUT2D eigenvalue weighted by Crippen LogP contribution is -2.50. The van der Waals surface area contributed by atoms with Gasteiger partial charge in [-0.2, -0.15) is 10.2 Å². The Kier molecular flexibility index (Phi) is 9.96. The minimum absolute atomic E-state index is 0.00620. The number of nitrogens with zero attached hydrogens (tertiary/aromatic N) is 9. The molecule has 15 nitrogen and oxygen atoms in total. The third-order valence-corrected chi connectivity index (χ3v) is 12.8. The van der Waals surface area contributed by atoms with Gasteiger partial charge in [-0.3, -0.25) is 33.5 Å². The number of rotatable bonds is 10. The van der Waals surface area contributed by atoms with E-state index in [1.165, 1.54) is 16.9 Å². The number of benzene rings is 1. The van der Waals surface area contributed by atoms with Crippen LogP contribution in [0.1, 0.15) is 97.4 Å². The quantitative estimate of drug-likeness (QED) is 0.197. The van der Waals surface area contributed by atoms with E-state index in [9.17, 15) is 28.0 Å². The van der Waals surface area contributed by atoms with Crippen molar-refractivity contribution in [2.75, 3.05) is 44.6 Å². The fourth-order valence-corrected chi connectivity index (χ4v) is 9.67. The van der Waals surface area contributed by atoms with Crippen LogP contribution < -0.4 is 16.3 Å². The van der Waals surface area contributed by atoms with Crippen LogP contribution in [0.2, 0.25) is 0 Å². The number of amides is 3. The van der Waals surface area contributed by atoms with Gasteiger partial charge in [-0.05, 0) is 80.4 Å². The Bertz CT molecular complexity index is 2380. The van der Waals surface area contributed by atoms with Gasteiger partial charge in [-0.25, -0.2) is 23.1 Å². The van der Waals surface area contributed by atoms with Crippen LogP contribution in [0.25, 0.3) is 16.7 Å². The molecule has 3 amide bonds. The number of imide groups is 1. The second-order valence-electron chi connectivity index (χ2n) is 16.3. The average Bonchev–Trinajstić information content (AvgIpc) is 3.89. The zero-order valence-electron chi connectivity index (χ0n) is 31.9. The molecule has 4 aliphatic rings. The summed E-state index contributed by atoms with van der Waals surface area (Å²) in [6.07, 6.45) is 9.60. The molecule has 9 rings (SSSR count). The number of anilines is 1. The van der Waals surface area contributed by atoms with E-state index < -0.39 is 30.0 Å². The molecule has 0 radical (unpaired) electrons. The van der Waals surface area contributed by atoms with Gasteiger partial charge in [0, 0.05) is 71.3 Å². The first-order chi connectivity index (χ1) is 27.6. The highest BCUT2D eigenvalue weighted by Gasteiger charge is 2.37. The van der Waals surface area contributed by atoms with Gasteiger partial charge in [-0.1, -0.05) is 12.1 Å². The predicted octanol–water partition coefficient (Wildman–Crippen LogP) is 4.29. The smallest absolute Gasteiger partial charge is 0.319 e. The van der Waals surface area contributed by atoms with Gasteiger partial charge in [0.1, 0.15) is 11.6 Å². The van der Waals surface area contributed by atoms with Crippen molar-refractivity contribution < 1.29 is 23.2 Å². The van der Waals surface area contributed by atoms with Crippen molar-refractivity contribution in [3.63, 3.8) is 0 Å². The number of halogens is 2. The molecule has 2 aliphatic heterocycles. The highest BCUT2D eigenvalue weighted by atomic mass is 19.3. The first-order valence-corrected chi connectivity index (χ1v) is 20.1. The third-order valence-electron chi connectivity index (χ3n) is 12.8. The molecule has 6 heterocycles. The summed E-state index contributed by atoms with van der Waals surface area (Å²) in [6.45, 7) is 6.19. The summed E-state index contributed by atoms with van der Waals surface area (Å²) in [4.78, 5) is 60.2. The number of nitrogens with one attached hydrogen (secondary N) is 2. The summed E-state index contributed by atoms with van der Waals surface area (Å²) in [6, 6.07) is 6.98. The van der Waals surface area contributed by atoms with E-state index in [1.54, 1.807) is 39.3 Å². The van der Waals surface area contributed by atoms with E-state index in [1.807, 2.05) is 12.1 Å². The summed E-state index contributed by atoms with van der Waals surface area (Å²) >= 11 is 0. The Morgan fingerprint density at radius 3 is 2.42 bits per heavy atom. The zero-order chi connectivity index (χ0) is 39.4. The van der Waals surface area contributed by atoms with E-state index >= 15 is 0 Å². The summed E-state index contributed by atoms with van der Waals surface area (Å²) in [5.41, 5.74) is 2.67. The summed E-state index contributed by atoms with van der Waals surface area (Å²) in [5, 5.41) is 13.4. The highest BCUT2D eigenvalue weighted by Crippen LogP contribution is 2.44. The number of aromatic nitrogens is 7. The Morgan fingerprint density at radius 1 is 0.965 bits per heavy atom. The number of piperidine rings is 1. The molecular formula is C40H47F2N11O4. The van der Waals surface area contributed by atoms with Crippen LogP contribution in [0.4, 0.5) is 14.5 Å². The molecule has 2 aliphatic carbocycles. The molecule has 1 atom stereocenters. The van der Waals surface area contributed by atoms with Gasteiger partial charge in [-0.15, -0.1) is 0 Å². The SMILES string of the molecule is Cn1c(=O)n([C@H]2CCC(=O)NC2=O)c2cccc(C3CC(CN4CCN(CC5CCC(n6cc(NC(=O)c7cnn8cccnc78)c(C(F)F)n6)CC5)CC4)C3)c21. The number of hydrogen-bond acceptors (Lipinski definition) is 9. The van der Waals surface area contributed by atoms with Crippen molar-refractivity contribution >= 4 is 40.1 Å².